The number of aromatic nitrogens is 1. The molecule has 0 saturated carbocycles. The van der Waals surface area contributed by atoms with Crippen molar-refractivity contribution < 1.29 is 19.5 Å². The minimum Gasteiger partial charge on any atom is -0.478 e. The molecule has 0 aliphatic carbocycles. The quantitative estimate of drug-likeness (QED) is 0.800. The van der Waals surface area contributed by atoms with Gasteiger partial charge in [-0.15, -0.1) is 11.3 Å². The van der Waals surface area contributed by atoms with E-state index in [1.54, 1.807) is 19.1 Å². The molecule has 21 heavy (non-hydrogen) atoms. The summed E-state index contributed by atoms with van der Waals surface area (Å²) in [7, 11) is 0. The number of rotatable bonds is 4. The molecule has 7 nitrogen and oxygen atoms in total. The molecule has 0 spiro atoms. The van der Waals surface area contributed by atoms with E-state index >= 15 is 0 Å². The van der Waals surface area contributed by atoms with E-state index in [1.807, 2.05) is 0 Å². The van der Waals surface area contributed by atoms with Crippen LogP contribution in [0.25, 0.3) is 0 Å². The van der Waals surface area contributed by atoms with Crippen LogP contribution in [0.1, 0.15) is 32.6 Å². The van der Waals surface area contributed by atoms with Gasteiger partial charge in [0, 0.05) is 6.92 Å². The van der Waals surface area contributed by atoms with E-state index in [-0.39, 0.29) is 16.5 Å². The third kappa shape index (κ3) is 3.44. The van der Waals surface area contributed by atoms with Crippen molar-refractivity contribution in [2.75, 3.05) is 10.6 Å². The molecule has 2 heterocycles. The molecule has 2 aromatic heterocycles. The summed E-state index contributed by atoms with van der Waals surface area (Å²) in [6.07, 6.45) is 0. The normalized spacial score (nSPS) is 10.2. The maximum atomic E-state index is 12.1. The minimum atomic E-state index is -1.14. The van der Waals surface area contributed by atoms with E-state index in [4.69, 9.17) is 5.11 Å². The molecular formula is C12H11N3O4S2. The number of carboxylic acid groups (broad SMARTS) is 1. The summed E-state index contributed by atoms with van der Waals surface area (Å²) < 4.78 is 3.92. The highest BCUT2D eigenvalue weighted by Gasteiger charge is 2.20. The van der Waals surface area contributed by atoms with Crippen molar-refractivity contribution in [2.45, 2.75) is 13.8 Å². The van der Waals surface area contributed by atoms with Gasteiger partial charge >= 0.3 is 5.97 Å². The maximum absolute atomic E-state index is 12.1. The number of aryl methyl sites for hydroxylation is 1. The van der Waals surface area contributed by atoms with Gasteiger partial charge in [0.05, 0.1) is 15.6 Å². The Bertz CT molecular complexity index is 720. The summed E-state index contributed by atoms with van der Waals surface area (Å²) in [6.45, 7) is 2.94. The van der Waals surface area contributed by atoms with Gasteiger partial charge in [0.1, 0.15) is 10.6 Å². The summed E-state index contributed by atoms with van der Waals surface area (Å²) in [5.41, 5.74) is 0.347. The molecule has 9 heteroatoms. The van der Waals surface area contributed by atoms with Gasteiger partial charge in [-0.2, -0.15) is 4.37 Å². The first-order chi connectivity index (χ1) is 9.88. The molecule has 0 aliphatic heterocycles. The number of nitrogens with one attached hydrogen (secondary N) is 2. The van der Waals surface area contributed by atoms with Crippen LogP contribution in [0.5, 0.6) is 0 Å². The Morgan fingerprint density at radius 2 is 1.95 bits per heavy atom. The average molecular weight is 325 g/mol. The summed E-state index contributed by atoms with van der Waals surface area (Å²) in [5.74, 6) is -1.81. The molecular weight excluding hydrogens is 314 g/mol. The van der Waals surface area contributed by atoms with E-state index in [2.05, 4.69) is 15.0 Å². The second kappa shape index (κ2) is 6.02. The van der Waals surface area contributed by atoms with Crippen molar-refractivity contribution in [3.8, 4) is 0 Å². The lowest BCUT2D eigenvalue weighted by Gasteiger charge is -2.01. The first-order valence-corrected chi connectivity index (χ1v) is 7.36. The lowest BCUT2D eigenvalue weighted by molar-refractivity contribution is -0.114. The van der Waals surface area contributed by atoms with Crippen molar-refractivity contribution >= 4 is 50.7 Å². The highest BCUT2D eigenvalue weighted by molar-refractivity contribution is 7.18. The summed E-state index contributed by atoms with van der Waals surface area (Å²) in [5, 5.41) is 14.9. The molecule has 0 bridgehead atoms. The SMILES string of the molecule is CC(=O)Nc1ccc(C(=O)Nc2snc(C)c2C(=O)O)s1. The van der Waals surface area contributed by atoms with Crippen LogP contribution in [-0.4, -0.2) is 27.3 Å². The number of nitrogens with zero attached hydrogens (tertiary/aromatic N) is 1. The van der Waals surface area contributed by atoms with Crippen LogP contribution in [0.15, 0.2) is 12.1 Å². The number of carbonyl (C=O) groups excluding carboxylic acids is 2. The van der Waals surface area contributed by atoms with Crippen molar-refractivity contribution in [3.63, 3.8) is 0 Å². The zero-order valence-corrected chi connectivity index (χ0v) is 12.7. The Labute approximate surface area is 127 Å². The molecule has 3 N–H and O–H groups in total. The Morgan fingerprint density at radius 1 is 1.24 bits per heavy atom. The highest BCUT2D eigenvalue weighted by atomic mass is 32.1. The summed E-state index contributed by atoms with van der Waals surface area (Å²) >= 11 is 2.02. The topological polar surface area (TPSA) is 108 Å². The largest absolute Gasteiger partial charge is 0.478 e. The van der Waals surface area contributed by atoms with E-state index in [0.717, 1.165) is 22.9 Å². The van der Waals surface area contributed by atoms with Crippen LogP contribution in [0.4, 0.5) is 10.0 Å². The van der Waals surface area contributed by atoms with Crippen LogP contribution in [0.2, 0.25) is 0 Å². The Hall–Kier alpha value is -2.26. The Balaban J connectivity index is 2.17. The number of thiophene rings is 1. The van der Waals surface area contributed by atoms with Crippen LogP contribution < -0.4 is 10.6 Å². The number of anilines is 2. The average Bonchev–Trinajstić information content (AvgIpc) is 2.95. The van der Waals surface area contributed by atoms with E-state index in [9.17, 15) is 14.4 Å². The van der Waals surface area contributed by atoms with Crippen LogP contribution in [0, 0.1) is 6.92 Å². The molecule has 110 valence electrons. The van der Waals surface area contributed by atoms with Gasteiger partial charge in [-0.25, -0.2) is 4.79 Å². The third-order valence-electron chi connectivity index (χ3n) is 2.43. The summed E-state index contributed by atoms with van der Waals surface area (Å²) in [4.78, 5) is 34.5. The first kappa shape index (κ1) is 15.1. The van der Waals surface area contributed by atoms with Crippen LogP contribution in [-0.2, 0) is 4.79 Å². The van der Waals surface area contributed by atoms with Crippen molar-refractivity contribution in [1.29, 1.82) is 0 Å². The van der Waals surface area contributed by atoms with Gasteiger partial charge in [0.25, 0.3) is 5.91 Å². The molecule has 2 rings (SSSR count). The molecule has 2 amide bonds. The zero-order chi connectivity index (χ0) is 15.6. The van der Waals surface area contributed by atoms with Gasteiger partial charge in [0.15, 0.2) is 0 Å². The predicted molar refractivity (Wildman–Crippen MR) is 80.4 cm³/mol. The van der Waals surface area contributed by atoms with Crippen molar-refractivity contribution in [3.05, 3.63) is 28.3 Å². The van der Waals surface area contributed by atoms with Gasteiger partial charge in [-0.05, 0) is 30.6 Å². The second-order valence-electron chi connectivity index (χ2n) is 4.08. The van der Waals surface area contributed by atoms with Crippen molar-refractivity contribution in [1.82, 2.24) is 4.37 Å². The van der Waals surface area contributed by atoms with Crippen molar-refractivity contribution in [2.24, 2.45) is 0 Å². The fraction of sp³-hybridized carbons (Fsp3) is 0.167. The molecule has 0 aromatic carbocycles. The lowest BCUT2D eigenvalue weighted by atomic mass is 10.2. The number of carboxylic acids is 1. The van der Waals surface area contributed by atoms with Gasteiger partial charge < -0.3 is 15.7 Å². The van der Waals surface area contributed by atoms with E-state index < -0.39 is 11.9 Å². The fourth-order valence-electron chi connectivity index (χ4n) is 1.57. The minimum absolute atomic E-state index is 0.00742. The second-order valence-corrected chi connectivity index (χ2v) is 5.93. The summed E-state index contributed by atoms with van der Waals surface area (Å²) in [6, 6.07) is 3.16. The standard InChI is InChI=1S/C12H11N3O4S2/c1-5-9(12(18)19)11(21-15-5)14-10(17)7-3-4-8(20-7)13-6(2)16/h3-4H,1-2H3,(H,13,16)(H,14,17)(H,18,19). The molecule has 0 atom stereocenters. The molecule has 2 aromatic rings. The maximum Gasteiger partial charge on any atom is 0.340 e. The number of hydrogen-bond donors (Lipinski definition) is 3. The smallest absolute Gasteiger partial charge is 0.340 e. The molecule has 0 aliphatic rings. The molecule has 0 unspecified atom stereocenters. The van der Waals surface area contributed by atoms with Crippen LogP contribution >= 0.6 is 22.9 Å². The first-order valence-electron chi connectivity index (χ1n) is 5.77. The molecule has 0 fully saturated rings. The van der Waals surface area contributed by atoms with Gasteiger partial charge in [-0.1, -0.05) is 0 Å². The fourth-order valence-corrected chi connectivity index (χ4v) is 3.20. The van der Waals surface area contributed by atoms with E-state index in [0.29, 0.717) is 15.6 Å². The third-order valence-corrected chi connectivity index (χ3v) is 4.29. The number of hydrogen-bond acceptors (Lipinski definition) is 6. The zero-order valence-electron chi connectivity index (χ0n) is 11.1. The van der Waals surface area contributed by atoms with Gasteiger partial charge in [-0.3, -0.25) is 9.59 Å². The predicted octanol–water partition coefficient (Wildman–Crippen LogP) is 2.42. The number of carbonyl (C=O) groups is 3. The highest BCUT2D eigenvalue weighted by Crippen LogP contribution is 2.27. The number of aromatic carboxylic acids is 1. The molecule has 0 saturated heterocycles. The molecule has 0 radical (unpaired) electrons. The lowest BCUT2D eigenvalue weighted by Crippen LogP contribution is -2.12. The Kier molecular flexibility index (Phi) is 4.34. The van der Waals surface area contributed by atoms with Crippen LogP contribution in [0.3, 0.4) is 0 Å². The van der Waals surface area contributed by atoms with Gasteiger partial charge in [0.2, 0.25) is 5.91 Å². The van der Waals surface area contributed by atoms with E-state index in [1.165, 1.54) is 6.92 Å². The monoisotopic (exact) mass is 325 g/mol. The Morgan fingerprint density at radius 3 is 2.57 bits per heavy atom. The number of amides is 2.